The van der Waals surface area contributed by atoms with Crippen LogP contribution in [0, 0.1) is 0 Å². The van der Waals surface area contributed by atoms with Gasteiger partial charge in [-0.15, -0.1) is 0 Å². The van der Waals surface area contributed by atoms with Crippen LogP contribution in [0.25, 0.3) is 0 Å². The van der Waals surface area contributed by atoms with Crippen molar-refractivity contribution < 1.29 is 14.6 Å². The lowest BCUT2D eigenvalue weighted by Crippen LogP contribution is -2.16. The molecule has 0 aliphatic carbocycles. The van der Waals surface area contributed by atoms with Crippen LogP contribution in [0.1, 0.15) is 11.1 Å². The van der Waals surface area contributed by atoms with Gasteiger partial charge in [-0.1, -0.05) is 18.2 Å². The Morgan fingerprint density at radius 2 is 1.76 bits per heavy atom. The summed E-state index contributed by atoms with van der Waals surface area (Å²) in [6.45, 7) is 1.61. The molecule has 0 saturated carbocycles. The second-order valence-electron chi connectivity index (χ2n) is 4.79. The number of phenols is 1. The molecule has 0 fully saturated rings. The highest BCUT2D eigenvalue weighted by Gasteiger charge is 2.04. The predicted octanol–water partition coefficient (Wildman–Crippen LogP) is 2.74. The van der Waals surface area contributed by atoms with Gasteiger partial charge in [0.25, 0.3) is 0 Å². The number of nitrogens with one attached hydrogen (secondary N) is 1. The minimum absolute atomic E-state index is 0.312. The Kier molecular flexibility index (Phi) is 5.46. The van der Waals surface area contributed by atoms with Gasteiger partial charge in [-0.2, -0.15) is 0 Å². The highest BCUT2D eigenvalue weighted by molar-refractivity contribution is 5.42. The summed E-state index contributed by atoms with van der Waals surface area (Å²) >= 11 is 0. The molecule has 0 radical (unpaired) electrons. The molecule has 0 aliphatic rings. The van der Waals surface area contributed by atoms with Gasteiger partial charge >= 0.3 is 0 Å². The predicted molar refractivity (Wildman–Crippen MR) is 83.1 cm³/mol. The van der Waals surface area contributed by atoms with Crippen molar-refractivity contribution in [3.63, 3.8) is 0 Å². The highest BCUT2D eigenvalue weighted by atomic mass is 16.5. The SMILES string of the molecule is COc1ccc(CNCCc2cccc(O)c2)cc1OC. The fourth-order valence-corrected chi connectivity index (χ4v) is 2.17. The topological polar surface area (TPSA) is 50.7 Å². The van der Waals surface area contributed by atoms with E-state index in [1.807, 2.05) is 30.3 Å². The van der Waals surface area contributed by atoms with Crippen molar-refractivity contribution in [2.75, 3.05) is 20.8 Å². The van der Waals surface area contributed by atoms with Crippen LogP contribution in [-0.4, -0.2) is 25.9 Å². The van der Waals surface area contributed by atoms with Crippen molar-refractivity contribution in [1.82, 2.24) is 5.32 Å². The molecule has 2 aromatic carbocycles. The van der Waals surface area contributed by atoms with E-state index in [2.05, 4.69) is 5.32 Å². The Balaban J connectivity index is 1.83. The number of benzene rings is 2. The van der Waals surface area contributed by atoms with Gasteiger partial charge in [-0.05, 0) is 48.4 Å². The number of rotatable bonds is 7. The summed E-state index contributed by atoms with van der Waals surface area (Å²) in [5, 5.41) is 12.8. The first-order valence-electron chi connectivity index (χ1n) is 6.92. The molecule has 4 heteroatoms. The molecule has 0 bridgehead atoms. The highest BCUT2D eigenvalue weighted by Crippen LogP contribution is 2.27. The zero-order chi connectivity index (χ0) is 15.1. The Morgan fingerprint density at radius 1 is 0.952 bits per heavy atom. The van der Waals surface area contributed by atoms with Gasteiger partial charge in [0, 0.05) is 6.54 Å². The van der Waals surface area contributed by atoms with E-state index >= 15 is 0 Å². The van der Waals surface area contributed by atoms with Crippen molar-refractivity contribution in [2.45, 2.75) is 13.0 Å². The number of hydrogen-bond acceptors (Lipinski definition) is 4. The van der Waals surface area contributed by atoms with Crippen LogP contribution in [0.2, 0.25) is 0 Å². The summed E-state index contributed by atoms with van der Waals surface area (Å²) in [7, 11) is 3.27. The maximum Gasteiger partial charge on any atom is 0.161 e. The lowest BCUT2D eigenvalue weighted by molar-refractivity contribution is 0.354. The van der Waals surface area contributed by atoms with Crippen LogP contribution >= 0.6 is 0 Å². The molecule has 0 aliphatic heterocycles. The molecular formula is C17H21NO3. The van der Waals surface area contributed by atoms with Crippen molar-refractivity contribution in [2.24, 2.45) is 0 Å². The lowest BCUT2D eigenvalue weighted by Gasteiger charge is -2.10. The van der Waals surface area contributed by atoms with Crippen molar-refractivity contribution in [3.8, 4) is 17.2 Å². The van der Waals surface area contributed by atoms with Crippen LogP contribution < -0.4 is 14.8 Å². The van der Waals surface area contributed by atoms with Gasteiger partial charge in [0.15, 0.2) is 11.5 Å². The van der Waals surface area contributed by atoms with E-state index in [-0.39, 0.29) is 0 Å². The third kappa shape index (κ3) is 4.39. The zero-order valence-corrected chi connectivity index (χ0v) is 12.4. The Morgan fingerprint density at radius 3 is 2.48 bits per heavy atom. The number of phenolic OH excluding ortho intramolecular Hbond substituents is 1. The summed E-state index contributed by atoms with van der Waals surface area (Å²) in [6, 6.07) is 13.2. The van der Waals surface area contributed by atoms with Crippen LogP contribution in [-0.2, 0) is 13.0 Å². The molecule has 0 saturated heterocycles. The third-order valence-electron chi connectivity index (χ3n) is 3.28. The average Bonchev–Trinajstić information content (AvgIpc) is 2.51. The Hall–Kier alpha value is -2.20. The summed E-state index contributed by atoms with van der Waals surface area (Å²) in [5.41, 5.74) is 2.26. The van der Waals surface area contributed by atoms with Gasteiger partial charge in [0.05, 0.1) is 14.2 Å². The summed E-state index contributed by atoms with van der Waals surface area (Å²) in [5.74, 6) is 1.79. The zero-order valence-electron chi connectivity index (χ0n) is 12.4. The van der Waals surface area contributed by atoms with Gasteiger partial charge in [-0.3, -0.25) is 0 Å². The van der Waals surface area contributed by atoms with E-state index in [0.717, 1.165) is 42.1 Å². The van der Waals surface area contributed by atoms with Crippen molar-refractivity contribution in [3.05, 3.63) is 53.6 Å². The average molecular weight is 287 g/mol. The smallest absolute Gasteiger partial charge is 0.161 e. The number of hydrogen-bond donors (Lipinski definition) is 2. The number of methoxy groups -OCH3 is 2. The van der Waals surface area contributed by atoms with E-state index < -0.39 is 0 Å². The first-order valence-corrected chi connectivity index (χ1v) is 6.92. The second kappa shape index (κ2) is 7.55. The molecule has 2 N–H and O–H groups in total. The monoisotopic (exact) mass is 287 g/mol. The van der Waals surface area contributed by atoms with Gasteiger partial charge in [0.1, 0.15) is 5.75 Å². The standard InChI is InChI=1S/C17H21NO3/c1-20-16-7-6-14(11-17(16)21-2)12-18-9-8-13-4-3-5-15(19)10-13/h3-7,10-11,18-19H,8-9,12H2,1-2H3. The summed E-state index contributed by atoms with van der Waals surface area (Å²) in [4.78, 5) is 0. The van der Waals surface area contributed by atoms with E-state index in [1.54, 1.807) is 26.4 Å². The Labute approximate surface area is 125 Å². The molecule has 4 nitrogen and oxygen atoms in total. The summed E-state index contributed by atoms with van der Waals surface area (Å²) in [6.07, 6.45) is 0.877. The van der Waals surface area contributed by atoms with E-state index in [1.165, 1.54) is 0 Å². The maximum atomic E-state index is 9.41. The molecule has 0 aromatic heterocycles. The lowest BCUT2D eigenvalue weighted by atomic mass is 10.1. The molecule has 0 amide bonds. The van der Waals surface area contributed by atoms with E-state index in [9.17, 15) is 5.11 Å². The van der Waals surface area contributed by atoms with E-state index in [4.69, 9.17) is 9.47 Å². The van der Waals surface area contributed by atoms with Gasteiger partial charge in [-0.25, -0.2) is 0 Å². The van der Waals surface area contributed by atoms with Crippen LogP contribution in [0.4, 0.5) is 0 Å². The largest absolute Gasteiger partial charge is 0.508 e. The Bertz CT molecular complexity index is 584. The number of aromatic hydroxyl groups is 1. The summed E-state index contributed by atoms with van der Waals surface area (Å²) < 4.78 is 10.5. The molecule has 112 valence electrons. The quantitative estimate of drug-likeness (QED) is 0.769. The molecule has 0 atom stereocenters. The molecule has 2 rings (SSSR count). The first-order chi connectivity index (χ1) is 10.2. The maximum absolute atomic E-state index is 9.41. The minimum atomic E-state index is 0.312. The molecular weight excluding hydrogens is 266 g/mol. The molecule has 2 aromatic rings. The number of ether oxygens (including phenoxy) is 2. The first kappa shape index (κ1) is 15.2. The third-order valence-corrected chi connectivity index (χ3v) is 3.28. The molecule has 0 spiro atoms. The van der Waals surface area contributed by atoms with Crippen LogP contribution in [0.15, 0.2) is 42.5 Å². The fourth-order valence-electron chi connectivity index (χ4n) is 2.17. The second-order valence-corrected chi connectivity index (χ2v) is 4.79. The van der Waals surface area contributed by atoms with Gasteiger partial charge in [0.2, 0.25) is 0 Å². The van der Waals surface area contributed by atoms with Crippen LogP contribution in [0.5, 0.6) is 17.2 Å². The van der Waals surface area contributed by atoms with Gasteiger partial charge < -0.3 is 19.9 Å². The molecule has 0 heterocycles. The minimum Gasteiger partial charge on any atom is -0.508 e. The normalized spacial score (nSPS) is 10.4. The fraction of sp³-hybridized carbons (Fsp3) is 0.294. The van der Waals surface area contributed by atoms with E-state index in [0.29, 0.717) is 5.75 Å². The molecule has 21 heavy (non-hydrogen) atoms. The van der Waals surface area contributed by atoms with Crippen LogP contribution in [0.3, 0.4) is 0 Å². The molecule has 0 unspecified atom stereocenters. The van der Waals surface area contributed by atoms with Crippen molar-refractivity contribution in [1.29, 1.82) is 0 Å². The van der Waals surface area contributed by atoms with Crippen molar-refractivity contribution >= 4 is 0 Å².